The molecule has 0 aromatic heterocycles. The van der Waals surface area contributed by atoms with Crippen molar-refractivity contribution in [3.05, 3.63) is 11.8 Å². The Morgan fingerprint density at radius 2 is 0.826 bits per heavy atom. The van der Waals surface area contributed by atoms with Crippen LogP contribution in [-0.2, 0) is 0 Å². The molecule has 138 valence electrons. The summed E-state index contributed by atoms with van der Waals surface area (Å²) in [6, 6.07) is 1.38. The Morgan fingerprint density at radius 1 is 0.522 bits per heavy atom. The first-order chi connectivity index (χ1) is 10.4. The molecule has 0 aromatic carbocycles. The highest BCUT2D eigenvalue weighted by Crippen LogP contribution is 2.46. The van der Waals surface area contributed by atoms with Gasteiger partial charge in [-0.1, -0.05) is 111 Å². The van der Waals surface area contributed by atoms with Crippen LogP contribution in [0.1, 0.15) is 83.1 Å². The van der Waals surface area contributed by atoms with Gasteiger partial charge < -0.3 is 0 Å². The molecule has 0 atom stereocenters. The second-order valence-electron chi connectivity index (χ2n) is 9.65. The quantitative estimate of drug-likeness (QED) is 0.364. The third-order valence-corrected chi connectivity index (χ3v) is 21.3. The topological polar surface area (TPSA) is 0 Å². The van der Waals surface area contributed by atoms with Crippen molar-refractivity contribution >= 4 is 16.1 Å². The predicted molar refractivity (Wildman–Crippen MR) is 116 cm³/mol. The number of hydrogen-bond acceptors (Lipinski definition) is 0. The van der Waals surface area contributed by atoms with E-state index in [1.807, 2.05) is 0 Å². The number of allylic oxidation sites excluding steroid dienone is 1. The molecule has 0 saturated heterocycles. The van der Waals surface area contributed by atoms with E-state index in [4.69, 9.17) is 0 Å². The smallest absolute Gasteiger partial charge is 0.0849 e. The van der Waals surface area contributed by atoms with Gasteiger partial charge in [0.05, 0.1) is 16.1 Å². The van der Waals surface area contributed by atoms with Crippen LogP contribution >= 0.6 is 0 Å². The maximum absolute atomic E-state index is 2.77. The van der Waals surface area contributed by atoms with Crippen LogP contribution in [0.25, 0.3) is 0 Å². The van der Waals surface area contributed by atoms with Gasteiger partial charge in [-0.3, -0.25) is 0 Å². The van der Waals surface area contributed by atoms with Crippen LogP contribution in [0.3, 0.4) is 0 Å². The Kier molecular flexibility index (Phi) is 9.10. The van der Waals surface area contributed by atoms with Crippen LogP contribution in [-0.4, -0.2) is 16.1 Å². The van der Waals surface area contributed by atoms with Crippen molar-refractivity contribution < 1.29 is 0 Å². The van der Waals surface area contributed by atoms with Gasteiger partial charge in [0.1, 0.15) is 0 Å². The van der Waals surface area contributed by atoms with E-state index < -0.39 is 16.1 Å². The molecule has 0 nitrogen and oxygen atoms in total. The minimum atomic E-state index is -1.39. The lowest BCUT2D eigenvalue weighted by atomic mass is 10.5. The Bertz CT molecular complexity index is 318. The Labute approximate surface area is 150 Å². The predicted octanol–water partition coefficient (Wildman–Crippen LogP) is 8.44. The summed E-state index contributed by atoms with van der Waals surface area (Å²) in [5, 5.41) is 0. The van der Waals surface area contributed by atoms with Crippen molar-refractivity contribution in [3.8, 4) is 0 Å². The average Bonchev–Trinajstić information content (AvgIpc) is 2.35. The summed E-state index contributed by atoms with van der Waals surface area (Å²) >= 11 is 0. The van der Waals surface area contributed by atoms with E-state index in [2.05, 4.69) is 94.9 Å². The third kappa shape index (κ3) is 4.62. The van der Waals surface area contributed by atoms with Crippen molar-refractivity contribution in [3.63, 3.8) is 0 Å². The Morgan fingerprint density at radius 3 is 1.04 bits per heavy atom. The molecule has 0 radical (unpaired) electrons. The van der Waals surface area contributed by atoms with Crippen molar-refractivity contribution in [2.24, 2.45) is 0 Å². The van der Waals surface area contributed by atoms with Gasteiger partial charge in [-0.2, -0.15) is 0 Å². The molecule has 0 bridgehead atoms. The van der Waals surface area contributed by atoms with Gasteiger partial charge in [-0.15, -0.1) is 0 Å². The summed E-state index contributed by atoms with van der Waals surface area (Å²) < 4.78 is 0. The summed E-state index contributed by atoms with van der Waals surface area (Å²) in [5.74, 6) is 0. The second kappa shape index (κ2) is 9.03. The summed E-state index contributed by atoms with van der Waals surface area (Å²) in [7, 11) is -2.69. The minimum absolute atomic E-state index is 0.826. The van der Waals surface area contributed by atoms with Gasteiger partial charge in [0, 0.05) is 0 Å². The molecule has 0 aliphatic carbocycles. The fourth-order valence-corrected chi connectivity index (χ4v) is 17.6. The average molecular weight is 355 g/mol. The van der Waals surface area contributed by atoms with E-state index in [0.29, 0.717) is 0 Å². The first-order valence-corrected chi connectivity index (χ1v) is 14.8. The molecular weight excluding hydrogens is 308 g/mol. The SMILES string of the molecule is CC(C)[Si](/C=C/C[Si](C(C)C)(C(C)C)C(C)C)(C(C)C)C(C)C. The zero-order valence-electron chi connectivity index (χ0n) is 18.3. The summed E-state index contributed by atoms with van der Waals surface area (Å²) in [4.78, 5) is 0. The minimum Gasteiger partial charge on any atom is -0.0977 e. The van der Waals surface area contributed by atoms with Gasteiger partial charge in [0.25, 0.3) is 0 Å². The van der Waals surface area contributed by atoms with E-state index in [-0.39, 0.29) is 0 Å². The van der Waals surface area contributed by atoms with Crippen molar-refractivity contribution in [1.29, 1.82) is 0 Å². The zero-order chi connectivity index (χ0) is 18.6. The summed E-state index contributed by atoms with van der Waals surface area (Å²) in [5.41, 5.74) is 7.83. The van der Waals surface area contributed by atoms with Crippen LogP contribution in [0.4, 0.5) is 0 Å². The number of rotatable bonds is 9. The standard InChI is InChI=1S/C21H46Si2/c1-16(2)22(17(3)4,18(5)6)14-13-15-23(19(7)8,20(9)10)21(11)12/h13-14,16-21H,15H2,1-12H3/b14-13+. The van der Waals surface area contributed by atoms with Gasteiger partial charge >= 0.3 is 0 Å². The van der Waals surface area contributed by atoms with Gasteiger partial charge in [0.2, 0.25) is 0 Å². The van der Waals surface area contributed by atoms with Crippen LogP contribution in [0, 0.1) is 0 Å². The highest BCUT2D eigenvalue weighted by atomic mass is 28.3. The van der Waals surface area contributed by atoms with Crippen LogP contribution in [0.2, 0.25) is 39.3 Å². The van der Waals surface area contributed by atoms with Gasteiger partial charge in [-0.25, -0.2) is 0 Å². The van der Waals surface area contributed by atoms with E-state index >= 15 is 0 Å². The first-order valence-electron chi connectivity index (χ1n) is 10.0. The molecule has 0 N–H and O–H groups in total. The molecule has 0 aliphatic rings. The van der Waals surface area contributed by atoms with Crippen molar-refractivity contribution in [1.82, 2.24) is 0 Å². The monoisotopic (exact) mass is 354 g/mol. The van der Waals surface area contributed by atoms with Gasteiger partial charge in [-0.05, 0) is 22.7 Å². The van der Waals surface area contributed by atoms with Crippen LogP contribution in [0.5, 0.6) is 0 Å². The highest BCUT2D eigenvalue weighted by molar-refractivity contribution is 6.88. The molecule has 0 amide bonds. The summed E-state index contributed by atoms with van der Waals surface area (Å²) in [6.45, 7) is 29.7. The molecule has 0 saturated carbocycles. The molecular formula is C21H46Si2. The lowest BCUT2D eigenvalue weighted by Gasteiger charge is -2.44. The summed E-state index contributed by atoms with van der Waals surface area (Å²) in [6.07, 6.45) is 2.67. The van der Waals surface area contributed by atoms with Crippen LogP contribution in [0.15, 0.2) is 11.8 Å². The van der Waals surface area contributed by atoms with Crippen molar-refractivity contribution in [2.75, 3.05) is 0 Å². The molecule has 0 heterocycles. The fourth-order valence-electron chi connectivity index (χ4n) is 5.75. The molecule has 0 aromatic rings. The van der Waals surface area contributed by atoms with E-state index in [0.717, 1.165) is 33.2 Å². The largest absolute Gasteiger partial charge is 0.0977 e. The highest BCUT2D eigenvalue weighted by Gasteiger charge is 2.43. The maximum Gasteiger partial charge on any atom is 0.0849 e. The lowest BCUT2D eigenvalue weighted by Crippen LogP contribution is -2.45. The third-order valence-electron chi connectivity index (χ3n) is 7.10. The molecule has 0 unspecified atom stereocenters. The second-order valence-corrected chi connectivity index (χ2v) is 21.5. The zero-order valence-corrected chi connectivity index (χ0v) is 20.3. The number of hydrogen-bond donors (Lipinski definition) is 0. The first kappa shape index (κ1) is 23.2. The fraction of sp³-hybridized carbons (Fsp3) is 0.905. The molecule has 0 rings (SSSR count). The Balaban J connectivity index is 5.70. The Hall–Kier alpha value is 0.174. The van der Waals surface area contributed by atoms with E-state index in [1.165, 1.54) is 6.04 Å². The molecule has 2 heteroatoms. The van der Waals surface area contributed by atoms with Crippen molar-refractivity contribution in [2.45, 2.75) is 122 Å². The molecule has 0 aliphatic heterocycles. The maximum atomic E-state index is 2.77. The normalized spacial score (nSPS) is 14.7. The van der Waals surface area contributed by atoms with E-state index in [1.54, 1.807) is 0 Å². The van der Waals surface area contributed by atoms with Crippen LogP contribution < -0.4 is 0 Å². The molecule has 0 fully saturated rings. The molecule has 23 heavy (non-hydrogen) atoms. The van der Waals surface area contributed by atoms with Gasteiger partial charge in [0.15, 0.2) is 0 Å². The lowest BCUT2D eigenvalue weighted by molar-refractivity contribution is 0.809. The van der Waals surface area contributed by atoms with E-state index in [9.17, 15) is 0 Å². The molecule has 0 spiro atoms.